The SMILES string of the molecule is CCCc1nc(CCC(C)OC)oc1C(=O)OC. The molecule has 102 valence electrons. The van der Waals surface area contributed by atoms with Crippen LogP contribution in [0.4, 0.5) is 0 Å². The zero-order chi connectivity index (χ0) is 13.5. The second-order valence-electron chi connectivity index (χ2n) is 4.21. The van der Waals surface area contributed by atoms with Crippen LogP contribution in [-0.2, 0) is 22.3 Å². The van der Waals surface area contributed by atoms with Crippen molar-refractivity contribution in [1.82, 2.24) is 4.98 Å². The molecule has 0 spiro atoms. The van der Waals surface area contributed by atoms with E-state index >= 15 is 0 Å². The van der Waals surface area contributed by atoms with Crippen LogP contribution in [-0.4, -0.2) is 31.3 Å². The van der Waals surface area contributed by atoms with Gasteiger partial charge in [0.15, 0.2) is 5.89 Å². The average Bonchev–Trinajstić information content (AvgIpc) is 2.78. The molecule has 5 heteroatoms. The van der Waals surface area contributed by atoms with Gasteiger partial charge in [0, 0.05) is 13.5 Å². The fourth-order valence-electron chi connectivity index (χ4n) is 1.61. The molecule has 0 aliphatic carbocycles. The predicted molar refractivity (Wildman–Crippen MR) is 66.6 cm³/mol. The summed E-state index contributed by atoms with van der Waals surface area (Å²) in [6, 6.07) is 0. The van der Waals surface area contributed by atoms with Crippen LogP contribution in [0.5, 0.6) is 0 Å². The molecule has 0 radical (unpaired) electrons. The van der Waals surface area contributed by atoms with Crippen molar-refractivity contribution in [3.63, 3.8) is 0 Å². The molecule has 1 aromatic rings. The Hall–Kier alpha value is -1.36. The lowest BCUT2D eigenvalue weighted by Gasteiger charge is -2.06. The van der Waals surface area contributed by atoms with Crippen molar-refractivity contribution >= 4 is 5.97 Å². The summed E-state index contributed by atoms with van der Waals surface area (Å²) in [6.07, 6.45) is 3.23. The van der Waals surface area contributed by atoms with Gasteiger partial charge in [-0.2, -0.15) is 0 Å². The zero-order valence-corrected chi connectivity index (χ0v) is 11.5. The lowest BCUT2D eigenvalue weighted by molar-refractivity contribution is 0.0560. The van der Waals surface area contributed by atoms with Gasteiger partial charge in [-0.15, -0.1) is 0 Å². The Morgan fingerprint density at radius 3 is 2.67 bits per heavy atom. The Labute approximate surface area is 107 Å². The standard InChI is InChI=1S/C13H21NO4/c1-5-6-10-12(13(15)17-4)18-11(14-10)8-7-9(2)16-3/h9H,5-8H2,1-4H3. The monoisotopic (exact) mass is 255 g/mol. The van der Waals surface area contributed by atoms with Crippen molar-refractivity contribution in [1.29, 1.82) is 0 Å². The van der Waals surface area contributed by atoms with E-state index in [9.17, 15) is 4.79 Å². The number of carbonyl (C=O) groups is 1. The predicted octanol–water partition coefficient (Wildman–Crippen LogP) is 2.38. The molecule has 5 nitrogen and oxygen atoms in total. The molecule has 0 aliphatic heterocycles. The number of carbonyl (C=O) groups excluding carboxylic acids is 1. The Kier molecular flexibility index (Phi) is 5.85. The summed E-state index contributed by atoms with van der Waals surface area (Å²) < 4.78 is 15.3. The lowest BCUT2D eigenvalue weighted by atomic mass is 10.2. The molecule has 1 atom stereocenters. The topological polar surface area (TPSA) is 61.6 Å². The number of nitrogens with zero attached hydrogens (tertiary/aromatic N) is 1. The molecule has 1 aromatic heterocycles. The van der Waals surface area contributed by atoms with Gasteiger partial charge >= 0.3 is 5.97 Å². The third-order valence-corrected chi connectivity index (χ3v) is 2.77. The smallest absolute Gasteiger partial charge is 0.375 e. The summed E-state index contributed by atoms with van der Waals surface area (Å²) in [7, 11) is 3.01. The van der Waals surface area contributed by atoms with Gasteiger partial charge in [-0.1, -0.05) is 13.3 Å². The molecule has 18 heavy (non-hydrogen) atoms. The van der Waals surface area contributed by atoms with E-state index in [4.69, 9.17) is 9.15 Å². The number of hydrogen-bond donors (Lipinski definition) is 0. The van der Waals surface area contributed by atoms with Crippen LogP contribution >= 0.6 is 0 Å². The summed E-state index contributed by atoms with van der Waals surface area (Å²) >= 11 is 0. The van der Waals surface area contributed by atoms with E-state index in [0.29, 0.717) is 24.4 Å². The van der Waals surface area contributed by atoms with E-state index in [-0.39, 0.29) is 11.9 Å². The minimum absolute atomic E-state index is 0.146. The maximum absolute atomic E-state index is 11.5. The molecule has 1 unspecified atom stereocenters. The summed E-state index contributed by atoms with van der Waals surface area (Å²) in [5, 5.41) is 0. The van der Waals surface area contributed by atoms with Gasteiger partial charge in [0.1, 0.15) is 0 Å². The first-order chi connectivity index (χ1) is 8.62. The Morgan fingerprint density at radius 1 is 1.39 bits per heavy atom. The molecular weight excluding hydrogens is 234 g/mol. The van der Waals surface area contributed by atoms with E-state index in [1.165, 1.54) is 7.11 Å². The molecule has 0 amide bonds. The number of esters is 1. The number of rotatable bonds is 7. The van der Waals surface area contributed by atoms with Crippen LogP contribution in [0.25, 0.3) is 0 Å². The normalized spacial score (nSPS) is 12.4. The van der Waals surface area contributed by atoms with Crippen LogP contribution in [0.3, 0.4) is 0 Å². The first-order valence-electron chi connectivity index (χ1n) is 6.22. The van der Waals surface area contributed by atoms with E-state index in [0.717, 1.165) is 12.8 Å². The third kappa shape index (κ3) is 3.84. The molecule has 0 bridgehead atoms. The summed E-state index contributed by atoms with van der Waals surface area (Å²) in [6.45, 7) is 4.01. The maximum atomic E-state index is 11.5. The van der Waals surface area contributed by atoms with Gasteiger partial charge in [-0.25, -0.2) is 9.78 Å². The van der Waals surface area contributed by atoms with Crippen molar-refractivity contribution in [2.24, 2.45) is 0 Å². The average molecular weight is 255 g/mol. The van der Waals surface area contributed by atoms with E-state index in [1.807, 2.05) is 13.8 Å². The van der Waals surface area contributed by atoms with E-state index in [1.54, 1.807) is 7.11 Å². The fourth-order valence-corrected chi connectivity index (χ4v) is 1.61. The second-order valence-corrected chi connectivity index (χ2v) is 4.21. The van der Waals surface area contributed by atoms with Crippen LogP contribution in [0.15, 0.2) is 4.42 Å². The summed E-state index contributed by atoms with van der Waals surface area (Å²) in [4.78, 5) is 15.9. The highest BCUT2D eigenvalue weighted by atomic mass is 16.5. The van der Waals surface area contributed by atoms with Gasteiger partial charge < -0.3 is 13.9 Å². The highest BCUT2D eigenvalue weighted by Gasteiger charge is 2.20. The van der Waals surface area contributed by atoms with Gasteiger partial charge in [0.25, 0.3) is 0 Å². The zero-order valence-electron chi connectivity index (χ0n) is 11.5. The van der Waals surface area contributed by atoms with Crippen molar-refractivity contribution in [3.8, 4) is 0 Å². The first-order valence-corrected chi connectivity index (χ1v) is 6.22. The first kappa shape index (κ1) is 14.7. The molecule has 0 fully saturated rings. The van der Waals surface area contributed by atoms with Crippen LogP contribution in [0, 0.1) is 0 Å². The number of methoxy groups -OCH3 is 2. The number of aryl methyl sites for hydroxylation is 2. The van der Waals surface area contributed by atoms with Gasteiger partial charge in [0.2, 0.25) is 5.76 Å². The molecule has 0 aliphatic rings. The van der Waals surface area contributed by atoms with Crippen molar-refractivity contribution in [2.75, 3.05) is 14.2 Å². The molecule has 0 aromatic carbocycles. The van der Waals surface area contributed by atoms with Crippen LogP contribution in [0.2, 0.25) is 0 Å². The highest BCUT2D eigenvalue weighted by Crippen LogP contribution is 2.16. The Bertz CT molecular complexity index is 386. The Balaban J connectivity index is 2.78. The highest BCUT2D eigenvalue weighted by molar-refractivity contribution is 5.87. The van der Waals surface area contributed by atoms with Gasteiger partial charge in [0.05, 0.1) is 18.9 Å². The van der Waals surface area contributed by atoms with Crippen LogP contribution < -0.4 is 0 Å². The second kappa shape index (κ2) is 7.16. The molecule has 1 heterocycles. The number of hydrogen-bond acceptors (Lipinski definition) is 5. The minimum Gasteiger partial charge on any atom is -0.463 e. The summed E-state index contributed by atoms with van der Waals surface area (Å²) in [5.41, 5.74) is 0.685. The number of oxazole rings is 1. The Morgan fingerprint density at radius 2 is 2.11 bits per heavy atom. The lowest BCUT2D eigenvalue weighted by Crippen LogP contribution is -2.06. The van der Waals surface area contributed by atoms with Crippen molar-refractivity contribution in [3.05, 3.63) is 17.3 Å². The van der Waals surface area contributed by atoms with E-state index < -0.39 is 5.97 Å². The maximum Gasteiger partial charge on any atom is 0.375 e. The van der Waals surface area contributed by atoms with Crippen molar-refractivity contribution in [2.45, 2.75) is 45.6 Å². The molecule has 0 saturated heterocycles. The van der Waals surface area contributed by atoms with Gasteiger partial charge in [-0.3, -0.25) is 0 Å². The summed E-state index contributed by atoms with van der Waals surface area (Å²) in [5.74, 6) is 0.346. The van der Waals surface area contributed by atoms with Crippen molar-refractivity contribution < 1.29 is 18.7 Å². The largest absolute Gasteiger partial charge is 0.463 e. The van der Waals surface area contributed by atoms with E-state index in [2.05, 4.69) is 9.72 Å². The number of ether oxygens (including phenoxy) is 2. The molecular formula is C13H21NO4. The fraction of sp³-hybridized carbons (Fsp3) is 0.692. The van der Waals surface area contributed by atoms with Gasteiger partial charge in [-0.05, 0) is 19.8 Å². The minimum atomic E-state index is -0.461. The molecule has 0 N–H and O–H groups in total. The molecule has 0 saturated carbocycles. The van der Waals surface area contributed by atoms with Crippen LogP contribution in [0.1, 0.15) is 48.8 Å². The number of aromatic nitrogens is 1. The third-order valence-electron chi connectivity index (χ3n) is 2.77. The quantitative estimate of drug-likeness (QED) is 0.700. The molecule has 1 rings (SSSR count).